The number of amides is 2. The van der Waals surface area contributed by atoms with Crippen molar-refractivity contribution in [3.63, 3.8) is 0 Å². The third-order valence-corrected chi connectivity index (χ3v) is 4.86. The Labute approximate surface area is 192 Å². The Morgan fingerprint density at radius 1 is 0.970 bits per heavy atom. The molecule has 0 saturated carbocycles. The van der Waals surface area contributed by atoms with E-state index >= 15 is 0 Å². The van der Waals surface area contributed by atoms with Crippen molar-refractivity contribution in [2.24, 2.45) is 0 Å². The van der Waals surface area contributed by atoms with Gasteiger partial charge in [-0.15, -0.1) is 0 Å². The molecule has 2 aromatic heterocycles. The average molecular weight is 441 g/mol. The molecule has 4 rings (SSSR count). The molecule has 0 aliphatic carbocycles. The van der Waals surface area contributed by atoms with Crippen molar-refractivity contribution in [2.75, 3.05) is 17.7 Å². The summed E-state index contributed by atoms with van der Waals surface area (Å²) < 4.78 is 6.11. The van der Waals surface area contributed by atoms with Gasteiger partial charge in [-0.3, -0.25) is 0 Å². The molecule has 0 saturated heterocycles. The molecule has 8 heteroatoms. The van der Waals surface area contributed by atoms with Crippen molar-refractivity contribution in [3.8, 4) is 22.9 Å². The summed E-state index contributed by atoms with van der Waals surface area (Å²) >= 11 is 0. The third-order valence-electron chi connectivity index (χ3n) is 4.86. The highest BCUT2D eigenvalue weighted by molar-refractivity contribution is 5.89. The smallest absolute Gasteiger partial charge is 0.319 e. The summed E-state index contributed by atoms with van der Waals surface area (Å²) in [6.45, 7) is 2.36. The van der Waals surface area contributed by atoms with Gasteiger partial charge in [0.2, 0.25) is 11.8 Å². The molecule has 0 bridgehead atoms. The number of carbonyl (C=O) groups is 1. The Hall–Kier alpha value is -4.46. The van der Waals surface area contributed by atoms with Crippen LogP contribution in [0.2, 0.25) is 0 Å². The monoisotopic (exact) mass is 440 g/mol. The molecule has 166 valence electrons. The summed E-state index contributed by atoms with van der Waals surface area (Å²) in [5.41, 5.74) is 4.00. The minimum Gasteiger partial charge on any atom is -0.438 e. The number of hydrogen-bond acceptors (Lipinski definition) is 6. The molecule has 33 heavy (non-hydrogen) atoms. The Kier molecular flexibility index (Phi) is 6.75. The average Bonchev–Trinajstić information content (AvgIpc) is 2.85. The SMILES string of the molecule is CNc1nccc(-c2cccnc2Oc2ccc(NC(=O)NCc3ccccc3)cc2C)n1. The number of urea groups is 1. The highest BCUT2D eigenvalue weighted by Gasteiger charge is 2.13. The number of carbonyl (C=O) groups excluding carboxylic acids is 1. The first kappa shape index (κ1) is 21.8. The number of aromatic nitrogens is 3. The Morgan fingerprint density at radius 3 is 2.61 bits per heavy atom. The number of aryl methyl sites for hydroxylation is 1. The van der Waals surface area contributed by atoms with Gasteiger partial charge in [0, 0.05) is 31.7 Å². The van der Waals surface area contributed by atoms with Crippen LogP contribution in [0.3, 0.4) is 0 Å². The maximum atomic E-state index is 12.2. The van der Waals surface area contributed by atoms with Gasteiger partial charge in [-0.25, -0.2) is 19.7 Å². The first-order chi connectivity index (χ1) is 16.1. The Bertz CT molecular complexity index is 1250. The summed E-state index contributed by atoms with van der Waals surface area (Å²) in [6, 6.07) is 20.4. The van der Waals surface area contributed by atoms with Crippen LogP contribution in [0, 0.1) is 6.92 Å². The van der Waals surface area contributed by atoms with E-state index in [0.29, 0.717) is 35.5 Å². The van der Waals surface area contributed by atoms with E-state index in [-0.39, 0.29) is 6.03 Å². The molecule has 0 fully saturated rings. The highest BCUT2D eigenvalue weighted by atomic mass is 16.5. The number of benzene rings is 2. The number of nitrogens with one attached hydrogen (secondary N) is 3. The fraction of sp³-hybridized carbons (Fsp3) is 0.120. The number of pyridine rings is 1. The maximum absolute atomic E-state index is 12.2. The second-order valence-electron chi connectivity index (χ2n) is 7.25. The summed E-state index contributed by atoms with van der Waals surface area (Å²) in [4.78, 5) is 25.3. The van der Waals surface area contributed by atoms with E-state index in [2.05, 4.69) is 30.9 Å². The lowest BCUT2D eigenvalue weighted by Crippen LogP contribution is -2.28. The summed E-state index contributed by atoms with van der Waals surface area (Å²) in [5, 5.41) is 8.63. The van der Waals surface area contributed by atoms with E-state index in [4.69, 9.17) is 4.74 Å². The second-order valence-corrected chi connectivity index (χ2v) is 7.25. The van der Waals surface area contributed by atoms with E-state index in [1.807, 2.05) is 55.5 Å². The second kappa shape index (κ2) is 10.2. The van der Waals surface area contributed by atoms with Crippen molar-refractivity contribution >= 4 is 17.7 Å². The fourth-order valence-electron chi connectivity index (χ4n) is 3.20. The minimum atomic E-state index is -0.275. The van der Waals surface area contributed by atoms with Gasteiger partial charge in [0.15, 0.2) is 0 Å². The van der Waals surface area contributed by atoms with Gasteiger partial charge in [-0.05, 0) is 54.4 Å². The highest BCUT2D eigenvalue weighted by Crippen LogP contribution is 2.32. The van der Waals surface area contributed by atoms with Crippen LogP contribution in [0.25, 0.3) is 11.3 Å². The third kappa shape index (κ3) is 5.62. The van der Waals surface area contributed by atoms with E-state index in [0.717, 1.165) is 16.7 Å². The van der Waals surface area contributed by atoms with Gasteiger partial charge in [-0.2, -0.15) is 0 Å². The Morgan fingerprint density at radius 2 is 1.82 bits per heavy atom. The molecular weight excluding hydrogens is 416 g/mol. The predicted molar refractivity (Wildman–Crippen MR) is 128 cm³/mol. The topological polar surface area (TPSA) is 101 Å². The van der Waals surface area contributed by atoms with Crippen molar-refractivity contribution in [2.45, 2.75) is 13.5 Å². The summed E-state index contributed by atoms with van der Waals surface area (Å²) in [6.07, 6.45) is 3.35. The van der Waals surface area contributed by atoms with Crippen LogP contribution in [0.5, 0.6) is 11.6 Å². The largest absolute Gasteiger partial charge is 0.438 e. The molecule has 0 aliphatic rings. The molecular formula is C25H24N6O2. The number of rotatable bonds is 7. The van der Waals surface area contributed by atoms with Crippen molar-refractivity contribution in [3.05, 3.63) is 90.3 Å². The van der Waals surface area contributed by atoms with Crippen LogP contribution in [-0.4, -0.2) is 28.0 Å². The lowest BCUT2D eigenvalue weighted by atomic mass is 10.2. The zero-order valence-electron chi connectivity index (χ0n) is 18.4. The zero-order chi connectivity index (χ0) is 23.0. The molecule has 2 heterocycles. The van der Waals surface area contributed by atoms with Gasteiger partial charge in [0.25, 0.3) is 0 Å². The van der Waals surface area contributed by atoms with Crippen LogP contribution < -0.4 is 20.7 Å². The molecule has 0 radical (unpaired) electrons. The van der Waals surface area contributed by atoms with Crippen LogP contribution in [0.1, 0.15) is 11.1 Å². The molecule has 0 atom stereocenters. The van der Waals surface area contributed by atoms with E-state index in [9.17, 15) is 4.79 Å². The van der Waals surface area contributed by atoms with Gasteiger partial charge in [0.05, 0.1) is 11.3 Å². The number of ether oxygens (including phenoxy) is 1. The molecule has 4 aromatic rings. The van der Waals surface area contributed by atoms with E-state index < -0.39 is 0 Å². The molecule has 2 aromatic carbocycles. The van der Waals surface area contributed by atoms with Crippen LogP contribution in [0.4, 0.5) is 16.4 Å². The van der Waals surface area contributed by atoms with Crippen molar-refractivity contribution < 1.29 is 9.53 Å². The van der Waals surface area contributed by atoms with Crippen LogP contribution in [0.15, 0.2) is 79.1 Å². The minimum absolute atomic E-state index is 0.275. The van der Waals surface area contributed by atoms with E-state index in [1.54, 1.807) is 37.6 Å². The number of hydrogen-bond donors (Lipinski definition) is 3. The summed E-state index contributed by atoms with van der Waals surface area (Å²) in [7, 11) is 1.76. The molecule has 0 spiro atoms. The van der Waals surface area contributed by atoms with Crippen LogP contribution >= 0.6 is 0 Å². The molecule has 2 amide bonds. The maximum Gasteiger partial charge on any atom is 0.319 e. The number of nitrogens with zero attached hydrogens (tertiary/aromatic N) is 3. The van der Waals surface area contributed by atoms with Gasteiger partial charge in [0.1, 0.15) is 5.75 Å². The van der Waals surface area contributed by atoms with Gasteiger partial charge in [-0.1, -0.05) is 30.3 Å². The lowest BCUT2D eigenvalue weighted by Gasteiger charge is -2.13. The molecule has 0 aliphatic heterocycles. The standard InChI is InChI=1S/C25H24N6O2/c1-17-15-19(30-25(32)29-16-18-7-4-3-5-8-18)10-11-22(17)33-23-20(9-6-13-27-23)21-12-14-28-24(26-2)31-21/h3-15H,16H2,1-2H3,(H,26,28,31)(H2,29,30,32). The van der Waals surface area contributed by atoms with Crippen molar-refractivity contribution in [1.82, 2.24) is 20.3 Å². The predicted octanol–water partition coefficient (Wildman–Crippen LogP) is 5.00. The van der Waals surface area contributed by atoms with Gasteiger partial charge >= 0.3 is 6.03 Å². The molecule has 8 nitrogen and oxygen atoms in total. The van der Waals surface area contributed by atoms with E-state index in [1.165, 1.54) is 0 Å². The van der Waals surface area contributed by atoms with Gasteiger partial charge < -0.3 is 20.7 Å². The van der Waals surface area contributed by atoms with Crippen molar-refractivity contribution in [1.29, 1.82) is 0 Å². The lowest BCUT2D eigenvalue weighted by molar-refractivity contribution is 0.251. The quantitative estimate of drug-likeness (QED) is 0.374. The normalized spacial score (nSPS) is 10.4. The Balaban J connectivity index is 1.45. The zero-order valence-corrected chi connectivity index (χ0v) is 18.4. The summed E-state index contributed by atoms with van der Waals surface area (Å²) in [5.74, 6) is 1.58. The first-order valence-electron chi connectivity index (χ1n) is 10.5. The first-order valence-corrected chi connectivity index (χ1v) is 10.5. The molecule has 0 unspecified atom stereocenters. The number of anilines is 2. The molecule has 3 N–H and O–H groups in total. The fourth-order valence-corrected chi connectivity index (χ4v) is 3.20. The van der Waals surface area contributed by atoms with Crippen LogP contribution in [-0.2, 0) is 6.54 Å².